The average Bonchev–Trinajstić information content (AvgIpc) is 2.14. The van der Waals surface area contributed by atoms with Crippen molar-refractivity contribution in [2.45, 2.75) is 45.9 Å². The maximum Gasteiger partial charge on any atom is 0.0791 e. The van der Waals surface area contributed by atoms with Gasteiger partial charge in [0.05, 0.1) is 18.8 Å². The Balaban J connectivity index is 3.50. The first-order valence-corrected chi connectivity index (χ1v) is 6.13. The van der Waals surface area contributed by atoms with Crippen LogP contribution < -0.4 is 5.32 Å². The van der Waals surface area contributed by atoms with Crippen LogP contribution in [0.25, 0.3) is 0 Å². The molecule has 0 heterocycles. The highest BCUT2D eigenvalue weighted by Crippen LogP contribution is 1.92. The first-order chi connectivity index (χ1) is 7.41. The number of nitrogens with zero attached hydrogens (tertiary/aromatic N) is 1. The number of ether oxygens (including phenoxy) is 1. The molecule has 4 heteroatoms. The summed E-state index contributed by atoms with van der Waals surface area (Å²) in [7, 11) is 2.00. The highest BCUT2D eigenvalue weighted by Gasteiger charge is 2.08. The van der Waals surface area contributed by atoms with Gasteiger partial charge in [0, 0.05) is 25.7 Å². The van der Waals surface area contributed by atoms with Gasteiger partial charge in [0.25, 0.3) is 0 Å². The first-order valence-electron chi connectivity index (χ1n) is 6.13. The lowest BCUT2D eigenvalue weighted by Crippen LogP contribution is -2.39. The zero-order chi connectivity index (χ0) is 12.6. The van der Waals surface area contributed by atoms with E-state index < -0.39 is 0 Å². The third-order valence-electron chi connectivity index (χ3n) is 2.21. The molecule has 4 nitrogen and oxygen atoms in total. The number of aliphatic hydroxyl groups excluding tert-OH is 1. The quantitative estimate of drug-likeness (QED) is 0.614. The minimum Gasteiger partial charge on any atom is -0.390 e. The van der Waals surface area contributed by atoms with Crippen LogP contribution >= 0.6 is 0 Å². The zero-order valence-electron chi connectivity index (χ0n) is 11.4. The predicted molar refractivity (Wildman–Crippen MR) is 67.7 cm³/mol. The number of aliphatic hydroxyl groups is 1. The number of nitrogens with one attached hydrogen (secondary N) is 1. The number of hydrogen-bond acceptors (Lipinski definition) is 4. The van der Waals surface area contributed by atoms with Gasteiger partial charge in [0.1, 0.15) is 0 Å². The summed E-state index contributed by atoms with van der Waals surface area (Å²) in [4.78, 5) is 2.09. The molecular weight excluding hydrogens is 204 g/mol. The molecule has 1 atom stereocenters. The topological polar surface area (TPSA) is 44.7 Å². The van der Waals surface area contributed by atoms with Crippen molar-refractivity contribution in [2.75, 3.05) is 33.3 Å². The van der Waals surface area contributed by atoms with Crippen LogP contribution in [0.3, 0.4) is 0 Å². The summed E-state index contributed by atoms with van der Waals surface area (Å²) < 4.78 is 5.45. The van der Waals surface area contributed by atoms with Crippen molar-refractivity contribution >= 4 is 0 Å². The number of likely N-dealkylation sites (N-methyl/N-ethyl adjacent to an activating group) is 1. The van der Waals surface area contributed by atoms with Crippen LogP contribution in [-0.2, 0) is 4.74 Å². The Morgan fingerprint density at radius 2 is 1.88 bits per heavy atom. The smallest absolute Gasteiger partial charge is 0.0791 e. The molecular formula is C12H28N2O2. The molecule has 0 bridgehead atoms. The van der Waals surface area contributed by atoms with Crippen molar-refractivity contribution in [1.82, 2.24) is 10.2 Å². The lowest BCUT2D eigenvalue weighted by atomic mass is 10.3. The van der Waals surface area contributed by atoms with Crippen molar-refractivity contribution in [3.8, 4) is 0 Å². The molecule has 0 aliphatic rings. The highest BCUT2D eigenvalue weighted by atomic mass is 16.5. The van der Waals surface area contributed by atoms with Gasteiger partial charge >= 0.3 is 0 Å². The van der Waals surface area contributed by atoms with Crippen molar-refractivity contribution in [3.05, 3.63) is 0 Å². The lowest BCUT2D eigenvalue weighted by molar-refractivity contribution is 0.0518. The summed E-state index contributed by atoms with van der Waals surface area (Å²) in [5.41, 5.74) is 0. The van der Waals surface area contributed by atoms with Crippen LogP contribution in [0, 0.1) is 0 Å². The summed E-state index contributed by atoms with van der Waals surface area (Å²) >= 11 is 0. The molecule has 0 aromatic rings. The summed E-state index contributed by atoms with van der Waals surface area (Å²) in [6.07, 6.45) is -0.0348. The SMILES string of the molecule is CC(C)NCC(O)CN(C)CCOC(C)C. The second-order valence-corrected chi connectivity index (χ2v) is 4.90. The van der Waals surface area contributed by atoms with Gasteiger partial charge in [0.2, 0.25) is 0 Å². The van der Waals surface area contributed by atoms with Crippen molar-refractivity contribution in [1.29, 1.82) is 0 Å². The molecule has 0 saturated carbocycles. The third kappa shape index (κ3) is 10.4. The molecule has 2 N–H and O–H groups in total. The molecule has 0 amide bonds. The predicted octanol–water partition coefficient (Wildman–Crippen LogP) is 0.702. The van der Waals surface area contributed by atoms with Gasteiger partial charge in [-0.2, -0.15) is 0 Å². The molecule has 1 unspecified atom stereocenters. The van der Waals surface area contributed by atoms with Gasteiger partial charge in [-0.1, -0.05) is 13.8 Å². The molecule has 0 aliphatic heterocycles. The van der Waals surface area contributed by atoms with E-state index in [2.05, 4.69) is 24.1 Å². The van der Waals surface area contributed by atoms with Gasteiger partial charge in [-0.3, -0.25) is 0 Å². The van der Waals surface area contributed by atoms with Gasteiger partial charge in [-0.15, -0.1) is 0 Å². The zero-order valence-corrected chi connectivity index (χ0v) is 11.4. The third-order valence-corrected chi connectivity index (χ3v) is 2.21. The van der Waals surface area contributed by atoms with Crippen molar-refractivity contribution in [2.24, 2.45) is 0 Å². The van der Waals surface area contributed by atoms with E-state index in [1.165, 1.54) is 0 Å². The van der Waals surface area contributed by atoms with Gasteiger partial charge in [-0.05, 0) is 20.9 Å². The Hall–Kier alpha value is -0.160. The van der Waals surface area contributed by atoms with Crippen molar-refractivity contribution in [3.63, 3.8) is 0 Å². The van der Waals surface area contributed by atoms with E-state index in [9.17, 15) is 5.11 Å². The maximum atomic E-state index is 9.73. The Kier molecular flexibility index (Phi) is 8.84. The minimum absolute atomic E-state index is 0.279. The van der Waals surface area contributed by atoms with E-state index in [0.717, 1.165) is 13.2 Å². The van der Waals surface area contributed by atoms with Crippen LogP contribution in [0.5, 0.6) is 0 Å². The van der Waals surface area contributed by atoms with Gasteiger partial charge in [-0.25, -0.2) is 0 Å². The monoisotopic (exact) mass is 232 g/mol. The highest BCUT2D eigenvalue weighted by molar-refractivity contribution is 4.65. The Morgan fingerprint density at radius 3 is 2.38 bits per heavy atom. The Bertz CT molecular complexity index is 163. The van der Waals surface area contributed by atoms with Crippen LogP contribution in [0.1, 0.15) is 27.7 Å². The molecule has 0 rings (SSSR count). The maximum absolute atomic E-state index is 9.73. The van der Waals surface area contributed by atoms with E-state index in [1.807, 2.05) is 20.9 Å². The summed E-state index contributed by atoms with van der Waals surface area (Å²) in [5, 5.41) is 12.9. The van der Waals surface area contributed by atoms with E-state index in [1.54, 1.807) is 0 Å². The Labute approximate surface area is 100.0 Å². The summed E-state index contributed by atoms with van der Waals surface area (Å²) in [6.45, 7) is 11.1. The molecule has 98 valence electrons. The summed E-state index contributed by atoms with van der Waals surface area (Å²) in [6, 6.07) is 0.421. The second-order valence-electron chi connectivity index (χ2n) is 4.90. The largest absolute Gasteiger partial charge is 0.390 e. The average molecular weight is 232 g/mol. The lowest BCUT2D eigenvalue weighted by Gasteiger charge is -2.22. The fourth-order valence-corrected chi connectivity index (χ4v) is 1.33. The molecule has 0 aromatic carbocycles. The minimum atomic E-state index is -0.313. The van der Waals surface area contributed by atoms with E-state index in [-0.39, 0.29) is 12.2 Å². The van der Waals surface area contributed by atoms with Crippen molar-refractivity contribution < 1.29 is 9.84 Å². The normalized spacial score (nSPS) is 14.1. The Morgan fingerprint density at radius 1 is 1.25 bits per heavy atom. The molecule has 0 saturated heterocycles. The van der Waals surface area contributed by atoms with Gasteiger partial charge < -0.3 is 20.1 Å². The molecule has 0 spiro atoms. The fraction of sp³-hybridized carbons (Fsp3) is 1.00. The molecule has 0 aromatic heterocycles. The molecule has 0 radical (unpaired) electrons. The number of rotatable bonds is 9. The second kappa shape index (κ2) is 8.93. The van der Waals surface area contributed by atoms with E-state index >= 15 is 0 Å². The van der Waals surface area contributed by atoms with Crippen LogP contribution in [0.15, 0.2) is 0 Å². The molecule has 0 fully saturated rings. The molecule has 16 heavy (non-hydrogen) atoms. The van der Waals surface area contributed by atoms with Gasteiger partial charge in [0.15, 0.2) is 0 Å². The first kappa shape index (κ1) is 15.8. The molecule has 0 aliphatic carbocycles. The van der Waals surface area contributed by atoms with E-state index in [4.69, 9.17) is 4.74 Å². The fourth-order valence-electron chi connectivity index (χ4n) is 1.33. The van der Waals surface area contributed by atoms with Crippen LogP contribution in [0.4, 0.5) is 0 Å². The van der Waals surface area contributed by atoms with E-state index in [0.29, 0.717) is 19.1 Å². The van der Waals surface area contributed by atoms with Crippen LogP contribution in [0.2, 0.25) is 0 Å². The number of hydrogen-bond donors (Lipinski definition) is 2. The van der Waals surface area contributed by atoms with Crippen LogP contribution in [-0.4, -0.2) is 61.5 Å². The standard InChI is InChI=1S/C12H28N2O2/c1-10(2)13-8-12(15)9-14(5)6-7-16-11(3)4/h10-13,15H,6-9H2,1-5H3. The summed E-state index contributed by atoms with van der Waals surface area (Å²) in [5.74, 6) is 0.